The summed E-state index contributed by atoms with van der Waals surface area (Å²) in [6.07, 6.45) is 3.34. The zero-order valence-electron chi connectivity index (χ0n) is 19.0. The lowest BCUT2D eigenvalue weighted by atomic mass is 10.1. The van der Waals surface area contributed by atoms with E-state index in [1.165, 1.54) is 11.8 Å². The molecule has 3 N–H and O–H groups in total. The van der Waals surface area contributed by atoms with E-state index < -0.39 is 0 Å². The van der Waals surface area contributed by atoms with E-state index in [0.29, 0.717) is 18.3 Å². The number of aryl methyl sites for hydroxylation is 1. The maximum Gasteiger partial charge on any atom is 0.287 e. The van der Waals surface area contributed by atoms with Crippen LogP contribution >= 0.6 is 24.0 Å². The summed E-state index contributed by atoms with van der Waals surface area (Å²) in [6.45, 7) is 7.18. The van der Waals surface area contributed by atoms with Crippen LogP contribution < -0.4 is 16.0 Å². The van der Waals surface area contributed by atoms with Gasteiger partial charge >= 0.3 is 0 Å². The summed E-state index contributed by atoms with van der Waals surface area (Å²) in [5.74, 6) is 0.988. The summed E-state index contributed by atoms with van der Waals surface area (Å²) < 4.78 is 5.19. The van der Waals surface area contributed by atoms with Crippen LogP contribution in [0.4, 0.5) is 0 Å². The first-order chi connectivity index (χ1) is 14.5. The highest BCUT2D eigenvalue weighted by Crippen LogP contribution is 2.08. The minimum absolute atomic E-state index is 0. The number of furan rings is 1. The first kappa shape index (κ1) is 27.0. The molecular weight excluding hydrogens is 505 g/mol. The van der Waals surface area contributed by atoms with Crippen LogP contribution in [0.5, 0.6) is 0 Å². The Balaban J connectivity index is 0.00000480. The van der Waals surface area contributed by atoms with Crippen molar-refractivity contribution in [1.29, 1.82) is 0 Å². The molecule has 0 saturated heterocycles. The number of hydrogen-bond acceptors (Lipinski definition) is 4. The third-order valence-electron chi connectivity index (χ3n) is 5.11. The van der Waals surface area contributed by atoms with Crippen LogP contribution in [0, 0.1) is 6.92 Å². The maximum absolute atomic E-state index is 12.0. The minimum atomic E-state index is -0.173. The molecular formula is C23H36IN5O2. The number of hydrogen-bond donors (Lipinski definition) is 3. The van der Waals surface area contributed by atoms with Gasteiger partial charge in [-0.2, -0.15) is 0 Å². The maximum atomic E-state index is 12.0. The molecule has 0 radical (unpaired) electrons. The van der Waals surface area contributed by atoms with Crippen LogP contribution in [0.15, 0.2) is 52.1 Å². The van der Waals surface area contributed by atoms with Gasteiger partial charge in [-0.15, -0.1) is 24.0 Å². The highest BCUT2D eigenvalue weighted by atomic mass is 127. The first-order valence-electron chi connectivity index (χ1n) is 10.5. The highest BCUT2D eigenvalue weighted by Gasteiger charge is 2.12. The SMILES string of the molecule is CN=C(NCCCNC(=O)c1occc1C)NCCC(C)N(C)Cc1ccccc1.I. The molecule has 0 aliphatic heterocycles. The van der Waals surface area contributed by atoms with Crippen LogP contribution in [-0.4, -0.2) is 56.5 Å². The zero-order valence-corrected chi connectivity index (χ0v) is 21.3. The number of rotatable bonds is 11. The van der Waals surface area contributed by atoms with E-state index in [0.717, 1.165) is 44.0 Å². The molecule has 0 aliphatic carbocycles. The van der Waals surface area contributed by atoms with Crippen molar-refractivity contribution in [2.45, 2.75) is 39.3 Å². The van der Waals surface area contributed by atoms with Crippen molar-refractivity contribution in [1.82, 2.24) is 20.9 Å². The number of carbonyl (C=O) groups is 1. The molecule has 1 unspecified atom stereocenters. The number of aliphatic imine (C=N–C) groups is 1. The van der Waals surface area contributed by atoms with Gasteiger partial charge in [-0.05, 0) is 45.4 Å². The topological polar surface area (TPSA) is 81.9 Å². The normalized spacial score (nSPS) is 12.2. The Labute approximate surface area is 203 Å². The molecule has 2 aromatic rings. The zero-order chi connectivity index (χ0) is 21.8. The second-order valence-electron chi connectivity index (χ2n) is 7.51. The lowest BCUT2D eigenvalue weighted by Gasteiger charge is -2.25. The molecule has 1 aromatic carbocycles. The summed E-state index contributed by atoms with van der Waals surface area (Å²) in [6, 6.07) is 12.8. The van der Waals surface area contributed by atoms with Crippen LogP contribution in [0.1, 0.15) is 41.4 Å². The number of nitrogens with zero attached hydrogens (tertiary/aromatic N) is 2. The average molecular weight is 541 g/mol. The van der Waals surface area contributed by atoms with Crippen LogP contribution in [0.25, 0.3) is 0 Å². The van der Waals surface area contributed by atoms with Crippen molar-refractivity contribution in [3.8, 4) is 0 Å². The number of benzene rings is 1. The molecule has 1 heterocycles. The predicted octanol–water partition coefficient (Wildman–Crippen LogP) is 3.40. The van der Waals surface area contributed by atoms with Gasteiger partial charge in [-0.1, -0.05) is 30.3 Å². The van der Waals surface area contributed by atoms with Crippen LogP contribution in [0.3, 0.4) is 0 Å². The van der Waals surface area contributed by atoms with E-state index >= 15 is 0 Å². The Kier molecular flexibility index (Phi) is 12.9. The second-order valence-corrected chi connectivity index (χ2v) is 7.51. The van der Waals surface area contributed by atoms with Gasteiger partial charge in [0.25, 0.3) is 5.91 Å². The van der Waals surface area contributed by atoms with Gasteiger partial charge in [0.15, 0.2) is 11.7 Å². The molecule has 0 aliphatic rings. The van der Waals surface area contributed by atoms with E-state index in [-0.39, 0.29) is 29.9 Å². The summed E-state index contributed by atoms with van der Waals surface area (Å²) in [4.78, 5) is 18.6. The van der Waals surface area contributed by atoms with Gasteiger partial charge in [0.1, 0.15) is 0 Å². The van der Waals surface area contributed by atoms with Crippen molar-refractivity contribution in [2.24, 2.45) is 4.99 Å². The van der Waals surface area contributed by atoms with Crippen molar-refractivity contribution in [2.75, 3.05) is 33.7 Å². The molecule has 2 rings (SSSR count). The quantitative estimate of drug-likeness (QED) is 0.176. The molecule has 7 nitrogen and oxygen atoms in total. The standard InChI is InChI=1S/C23H35N5O2.HI/c1-18-12-16-30-21(18)22(29)25-13-8-14-26-23(24-3)27-15-11-19(2)28(4)17-20-9-6-5-7-10-20;/h5-7,9-10,12,16,19H,8,11,13-15,17H2,1-4H3,(H,25,29)(H2,24,26,27);1H. The summed E-state index contributed by atoms with van der Waals surface area (Å²) in [5, 5.41) is 9.51. The number of guanidine groups is 1. The molecule has 1 atom stereocenters. The highest BCUT2D eigenvalue weighted by molar-refractivity contribution is 14.0. The third-order valence-corrected chi connectivity index (χ3v) is 5.11. The van der Waals surface area contributed by atoms with Gasteiger partial charge in [-0.3, -0.25) is 14.7 Å². The van der Waals surface area contributed by atoms with Crippen molar-refractivity contribution < 1.29 is 9.21 Å². The van der Waals surface area contributed by atoms with Gasteiger partial charge in [-0.25, -0.2) is 0 Å². The fourth-order valence-electron chi connectivity index (χ4n) is 3.05. The lowest BCUT2D eigenvalue weighted by Crippen LogP contribution is -2.41. The number of carbonyl (C=O) groups excluding carboxylic acids is 1. The Morgan fingerprint density at radius 1 is 1.10 bits per heavy atom. The molecule has 1 amide bonds. The molecule has 0 fully saturated rings. The Morgan fingerprint density at radius 3 is 2.42 bits per heavy atom. The average Bonchev–Trinajstić information content (AvgIpc) is 3.18. The summed E-state index contributed by atoms with van der Waals surface area (Å²) in [7, 11) is 3.92. The van der Waals surface area contributed by atoms with Crippen LogP contribution in [-0.2, 0) is 6.54 Å². The summed E-state index contributed by atoms with van der Waals surface area (Å²) >= 11 is 0. The molecule has 31 heavy (non-hydrogen) atoms. The van der Waals surface area contributed by atoms with Crippen molar-refractivity contribution >= 4 is 35.8 Å². The second kappa shape index (κ2) is 14.9. The van der Waals surface area contributed by atoms with E-state index in [2.05, 4.69) is 64.1 Å². The van der Waals surface area contributed by atoms with Gasteiger partial charge in [0.05, 0.1) is 6.26 Å². The van der Waals surface area contributed by atoms with E-state index in [9.17, 15) is 4.79 Å². The lowest BCUT2D eigenvalue weighted by molar-refractivity contribution is 0.0925. The van der Waals surface area contributed by atoms with E-state index in [1.54, 1.807) is 13.1 Å². The molecule has 0 saturated carbocycles. The number of nitrogens with one attached hydrogen (secondary N) is 3. The smallest absolute Gasteiger partial charge is 0.287 e. The molecule has 1 aromatic heterocycles. The minimum Gasteiger partial charge on any atom is -0.459 e. The Bertz CT molecular complexity index is 794. The third kappa shape index (κ3) is 9.73. The van der Waals surface area contributed by atoms with E-state index in [1.807, 2.05) is 13.0 Å². The Morgan fingerprint density at radius 2 is 1.77 bits per heavy atom. The van der Waals surface area contributed by atoms with E-state index in [4.69, 9.17) is 4.42 Å². The molecule has 0 bridgehead atoms. The van der Waals surface area contributed by atoms with Crippen molar-refractivity contribution in [3.63, 3.8) is 0 Å². The molecule has 8 heteroatoms. The largest absolute Gasteiger partial charge is 0.459 e. The van der Waals surface area contributed by atoms with Crippen molar-refractivity contribution in [3.05, 3.63) is 59.5 Å². The monoisotopic (exact) mass is 541 g/mol. The first-order valence-corrected chi connectivity index (χ1v) is 10.5. The van der Waals surface area contributed by atoms with Gasteiger partial charge < -0.3 is 20.4 Å². The van der Waals surface area contributed by atoms with Crippen LogP contribution in [0.2, 0.25) is 0 Å². The predicted molar refractivity (Wildman–Crippen MR) is 137 cm³/mol. The number of amides is 1. The fraction of sp³-hybridized carbons (Fsp3) is 0.478. The van der Waals surface area contributed by atoms with Gasteiger partial charge in [0, 0.05) is 44.8 Å². The Hall–Kier alpha value is -2.07. The molecule has 172 valence electrons. The summed E-state index contributed by atoms with van der Waals surface area (Å²) in [5.41, 5.74) is 2.17. The van der Waals surface area contributed by atoms with Gasteiger partial charge in [0.2, 0.25) is 0 Å². The molecule has 0 spiro atoms. The number of halogens is 1. The fourth-order valence-corrected chi connectivity index (χ4v) is 3.05.